The summed E-state index contributed by atoms with van der Waals surface area (Å²) in [6.07, 6.45) is 0.669. The number of hydrogen-bond acceptors (Lipinski definition) is 3. The van der Waals surface area contributed by atoms with Crippen molar-refractivity contribution in [2.75, 3.05) is 11.5 Å². The number of nitrogens with one attached hydrogen (secondary N) is 1. The van der Waals surface area contributed by atoms with Crippen LogP contribution in [0, 0.1) is 12.7 Å². The average molecular weight is 257 g/mol. The summed E-state index contributed by atoms with van der Waals surface area (Å²) in [5, 5.41) is 3.20. The Kier molecular flexibility index (Phi) is 3.49. The molecule has 1 aliphatic heterocycles. The molecule has 0 radical (unpaired) electrons. The fraction of sp³-hybridized carbons (Fsp3) is 0.500. The van der Waals surface area contributed by atoms with Crippen molar-refractivity contribution in [1.29, 1.82) is 0 Å². The minimum absolute atomic E-state index is 0.0327. The monoisotopic (exact) mass is 257 g/mol. The van der Waals surface area contributed by atoms with E-state index in [1.165, 1.54) is 6.07 Å². The molecule has 0 aromatic heterocycles. The topological polar surface area (TPSA) is 46.2 Å². The van der Waals surface area contributed by atoms with Gasteiger partial charge in [-0.2, -0.15) is 0 Å². The molecule has 0 bridgehead atoms. The highest BCUT2D eigenvalue weighted by Gasteiger charge is 2.27. The van der Waals surface area contributed by atoms with Gasteiger partial charge in [-0.1, -0.05) is 12.1 Å². The average Bonchev–Trinajstić information content (AvgIpc) is 2.60. The Balaban J connectivity index is 1.92. The minimum atomic E-state index is -2.84. The summed E-state index contributed by atoms with van der Waals surface area (Å²) in [5.41, 5.74) is 1.59. The number of sulfone groups is 1. The van der Waals surface area contributed by atoms with Crippen LogP contribution in [-0.2, 0) is 16.4 Å². The van der Waals surface area contributed by atoms with E-state index in [0.29, 0.717) is 18.5 Å². The van der Waals surface area contributed by atoms with E-state index in [1.807, 2.05) is 0 Å². The first kappa shape index (κ1) is 12.5. The van der Waals surface area contributed by atoms with Crippen molar-refractivity contribution in [3.8, 4) is 0 Å². The molecule has 5 heteroatoms. The molecule has 2 rings (SSSR count). The molecule has 1 aromatic rings. The van der Waals surface area contributed by atoms with Gasteiger partial charge in [0.2, 0.25) is 0 Å². The van der Waals surface area contributed by atoms with Gasteiger partial charge in [0.15, 0.2) is 9.84 Å². The third-order valence-electron chi connectivity index (χ3n) is 3.05. The van der Waals surface area contributed by atoms with E-state index in [4.69, 9.17) is 0 Å². The highest BCUT2D eigenvalue weighted by Crippen LogP contribution is 2.13. The first-order valence-electron chi connectivity index (χ1n) is 5.65. The zero-order chi connectivity index (χ0) is 12.5. The fourth-order valence-corrected chi connectivity index (χ4v) is 3.74. The maximum absolute atomic E-state index is 13.0. The second-order valence-electron chi connectivity index (χ2n) is 4.56. The molecule has 1 aliphatic rings. The van der Waals surface area contributed by atoms with Gasteiger partial charge < -0.3 is 5.32 Å². The first-order valence-corrected chi connectivity index (χ1v) is 7.47. The summed E-state index contributed by atoms with van der Waals surface area (Å²) >= 11 is 0. The molecule has 3 nitrogen and oxygen atoms in total. The van der Waals surface area contributed by atoms with Crippen LogP contribution in [0.1, 0.15) is 17.5 Å². The summed E-state index contributed by atoms with van der Waals surface area (Å²) in [7, 11) is -2.84. The van der Waals surface area contributed by atoms with Crippen molar-refractivity contribution >= 4 is 9.84 Å². The molecule has 1 atom stereocenters. The highest BCUT2D eigenvalue weighted by molar-refractivity contribution is 7.91. The Morgan fingerprint density at radius 3 is 2.82 bits per heavy atom. The molecule has 0 saturated carbocycles. The molecule has 0 amide bonds. The summed E-state index contributed by atoms with van der Waals surface area (Å²) in [6.45, 7) is 2.31. The lowest BCUT2D eigenvalue weighted by atomic mass is 10.1. The van der Waals surface area contributed by atoms with Gasteiger partial charge >= 0.3 is 0 Å². The van der Waals surface area contributed by atoms with Gasteiger partial charge in [0.25, 0.3) is 0 Å². The maximum Gasteiger partial charge on any atom is 0.151 e. The molecule has 17 heavy (non-hydrogen) atoms. The van der Waals surface area contributed by atoms with E-state index in [1.54, 1.807) is 19.1 Å². The maximum atomic E-state index is 13.0. The number of aryl methyl sites for hydroxylation is 1. The lowest BCUT2D eigenvalue weighted by Gasteiger charge is -2.11. The zero-order valence-electron chi connectivity index (χ0n) is 9.74. The van der Waals surface area contributed by atoms with Crippen molar-refractivity contribution < 1.29 is 12.8 Å². The summed E-state index contributed by atoms with van der Waals surface area (Å²) < 4.78 is 35.6. The number of rotatable bonds is 3. The molecule has 94 valence electrons. The van der Waals surface area contributed by atoms with Crippen LogP contribution in [0.25, 0.3) is 0 Å². The normalized spacial score (nSPS) is 22.8. The molecule has 1 saturated heterocycles. The van der Waals surface area contributed by atoms with Crippen molar-refractivity contribution in [2.45, 2.75) is 25.9 Å². The molecule has 1 heterocycles. The highest BCUT2D eigenvalue weighted by atomic mass is 32.2. The number of hydrogen-bond donors (Lipinski definition) is 1. The summed E-state index contributed by atoms with van der Waals surface area (Å²) in [5.74, 6) is 0.275. The van der Waals surface area contributed by atoms with E-state index >= 15 is 0 Å². The van der Waals surface area contributed by atoms with E-state index in [-0.39, 0.29) is 23.4 Å². The van der Waals surface area contributed by atoms with Crippen LogP contribution in [0.4, 0.5) is 4.39 Å². The van der Waals surface area contributed by atoms with Crippen LogP contribution in [-0.4, -0.2) is 26.0 Å². The summed E-state index contributed by atoms with van der Waals surface area (Å²) in [6, 6.07) is 4.98. The Morgan fingerprint density at radius 1 is 1.47 bits per heavy atom. The molecule has 1 fully saturated rings. The SMILES string of the molecule is Cc1cc(CN[C@@H]2CCS(=O)(=O)C2)ccc1F. The Bertz CT molecular complexity index is 513. The van der Waals surface area contributed by atoms with Crippen molar-refractivity contribution in [1.82, 2.24) is 5.32 Å². The molecule has 0 spiro atoms. The van der Waals surface area contributed by atoms with E-state index in [0.717, 1.165) is 5.56 Å². The quantitative estimate of drug-likeness (QED) is 0.890. The predicted octanol–water partition coefficient (Wildman–Crippen LogP) is 1.41. The van der Waals surface area contributed by atoms with Crippen molar-refractivity contribution in [3.05, 3.63) is 35.1 Å². The molecular weight excluding hydrogens is 241 g/mol. The van der Waals surface area contributed by atoms with Crippen molar-refractivity contribution in [2.24, 2.45) is 0 Å². The van der Waals surface area contributed by atoms with E-state index in [2.05, 4.69) is 5.32 Å². The first-order chi connectivity index (χ1) is 7.96. The van der Waals surface area contributed by atoms with Crippen LogP contribution < -0.4 is 5.32 Å². The van der Waals surface area contributed by atoms with Crippen LogP contribution >= 0.6 is 0 Å². The van der Waals surface area contributed by atoms with Gasteiger partial charge in [-0.15, -0.1) is 0 Å². The number of halogens is 1. The van der Waals surface area contributed by atoms with Gasteiger partial charge in [-0.3, -0.25) is 0 Å². The fourth-order valence-electron chi connectivity index (χ4n) is 2.03. The van der Waals surface area contributed by atoms with Gasteiger partial charge in [-0.05, 0) is 30.5 Å². The van der Waals surface area contributed by atoms with Crippen LogP contribution in [0.15, 0.2) is 18.2 Å². The van der Waals surface area contributed by atoms with E-state index in [9.17, 15) is 12.8 Å². The minimum Gasteiger partial charge on any atom is -0.309 e. The van der Waals surface area contributed by atoms with Gasteiger partial charge in [-0.25, -0.2) is 12.8 Å². The molecular formula is C12H16FNO2S. The van der Waals surface area contributed by atoms with E-state index < -0.39 is 9.84 Å². The third kappa shape index (κ3) is 3.26. The van der Waals surface area contributed by atoms with Crippen molar-refractivity contribution in [3.63, 3.8) is 0 Å². The smallest absolute Gasteiger partial charge is 0.151 e. The lowest BCUT2D eigenvalue weighted by molar-refractivity contribution is 0.552. The number of benzene rings is 1. The van der Waals surface area contributed by atoms with Gasteiger partial charge in [0.05, 0.1) is 11.5 Å². The lowest BCUT2D eigenvalue weighted by Crippen LogP contribution is -2.29. The van der Waals surface area contributed by atoms with Crippen LogP contribution in [0.2, 0.25) is 0 Å². The largest absolute Gasteiger partial charge is 0.309 e. The second kappa shape index (κ2) is 4.74. The molecule has 1 aromatic carbocycles. The molecule has 1 N–H and O–H groups in total. The van der Waals surface area contributed by atoms with Crippen LogP contribution in [0.5, 0.6) is 0 Å². The second-order valence-corrected chi connectivity index (χ2v) is 6.79. The summed E-state index contributed by atoms with van der Waals surface area (Å²) in [4.78, 5) is 0. The van der Waals surface area contributed by atoms with Gasteiger partial charge in [0, 0.05) is 12.6 Å². The Labute approximate surface area is 101 Å². The van der Waals surface area contributed by atoms with Crippen LogP contribution in [0.3, 0.4) is 0 Å². The molecule has 0 unspecified atom stereocenters. The molecule has 0 aliphatic carbocycles. The Hall–Kier alpha value is -0.940. The predicted molar refractivity (Wildman–Crippen MR) is 65.0 cm³/mol. The van der Waals surface area contributed by atoms with Gasteiger partial charge in [0.1, 0.15) is 5.82 Å². The Morgan fingerprint density at radius 2 is 2.24 bits per heavy atom. The third-order valence-corrected chi connectivity index (χ3v) is 4.82. The standard InChI is InChI=1S/C12H16FNO2S/c1-9-6-10(2-3-12(9)13)7-14-11-4-5-17(15,16)8-11/h2-3,6,11,14H,4-5,7-8H2,1H3/t11-/m1/s1. The zero-order valence-corrected chi connectivity index (χ0v) is 10.6.